The monoisotopic (exact) mass is 328 g/mol. The summed E-state index contributed by atoms with van der Waals surface area (Å²) in [4.78, 5) is 12.1. The van der Waals surface area contributed by atoms with Crippen LogP contribution >= 0.6 is 0 Å². The molecule has 124 valence electrons. The van der Waals surface area contributed by atoms with E-state index in [0.29, 0.717) is 11.3 Å². The van der Waals surface area contributed by atoms with Crippen molar-refractivity contribution < 1.29 is 9.53 Å². The summed E-state index contributed by atoms with van der Waals surface area (Å²) in [7, 11) is 0. The van der Waals surface area contributed by atoms with Gasteiger partial charge in [0.25, 0.3) is 0 Å². The SMILES string of the molecule is O=C1OC(c2ccc3c(c2)CCCC3)=C/C1=C\C=C\c1ccccc1. The highest BCUT2D eigenvalue weighted by atomic mass is 16.5. The summed E-state index contributed by atoms with van der Waals surface area (Å²) in [5.41, 5.74) is 5.50. The van der Waals surface area contributed by atoms with Gasteiger partial charge in [-0.05, 0) is 60.6 Å². The van der Waals surface area contributed by atoms with Gasteiger partial charge in [0.15, 0.2) is 0 Å². The summed E-state index contributed by atoms with van der Waals surface area (Å²) >= 11 is 0. The molecule has 2 aliphatic rings. The van der Waals surface area contributed by atoms with E-state index >= 15 is 0 Å². The molecule has 0 bridgehead atoms. The molecule has 0 saturated heterocycles. The van der Waals surface area contributed by atoms with E-state index in [2.05, 4.69) is 18.2 Å². The zero-order valence-electron chi connectivity index (χ0n) is 14.1. The van der Waals surface area contributed by atoms with E-state index in [9.17, 15) is 4.79 Å². The van der Waals surface area contributed by atoms with Gasteiger partial charge in [0.05, 0.1) is 5.57 Å². The molecule has 1 heterocycles. The molecule has 2 aromatic carbocycles. The summed E-state index contributed by atoms with van der Waals surface area (Å²) in [6.45, 7) is 0. The van der Waals surface area contributed by atoms with Crippen molar-refractivity contribution in [2.75, 3.05) is 0 Å². The number of hydrogen-bond donors (Lipinski definition) is 0. The number of rotatable bonds is 3. The molecule has 0 fully saturated rings. The number of benzene rings is 2. The van der Waals surface area contributed by atoms with E-state index < -0.39 is 0 Å². The van der Waals surface area contributed by atoms with Crippen molar-refractivity contribution in [3.63, 3.8) is 0 Å². The summed E-state index contributed by atoms with van der Waals surface area (Å²) in [6.07, 6.45) is 12.3. The second-order valence-corrected chi connectivity index (χ2v) is 6.48. The van der Waals surface area contributed by atoms with Crippen LogP contribution in [0.4, 0.5) is 0 Å². The van der Waals surface area contributed by atoms with Crippen LogP contribution in [0.5, 0.6) is 0 Å². The van der Waals surface area contributed by atoms with E-state index in [1.807, 2.05) is 48.6 Å². The molecule has 0 radical (unpaired) electrons. The number of allylic oxidation sites excluding steroid dienone is 2. The molecule has 0 atom stereocenters. The molecule has 2 nitrogen and oxygen atoms in total. The maximum atomic E-state index is 12.1. The molecule has 1 aliphatic heterocycles. The van der Waals surface area contributed by atoms with Gasteiger partial charge >= 0.3 is 5.97 Å². The molecule has 2 heteroatoms. The van der Waals surface area contributed by atoms with Crippen molar-refractivity contribution in [1.82, 2.24) is 0 Å². The van der Waals surface area contributed by atoms with Gasteiger partial charge < -0.3 is 4.74 Å². The Kier molecular flexibility index (Phi) is 4.34. The molecule has 0 N–H and O–H groups in total. The third-order valence-electron chi connectivity index (χ3n) is 4.72. The Morgan fingerprint density at radius 3 is 2.56 bits per heavy atom. The van der Waals surface area contributed by atoms with Gasteiger partial charge in [-0.1, -0.05) is 54.6 Å². The molecule has 1 aliphatic carbocycles. The van der Waals surface area contributed by atoms with Crippen LogP contribution in [0.15, 0.2) is 72.3 Å². The second kappa shape index (κ2) is 6.94. The van der Waals surface area contributed by atoms with Gasteiger partial charge in [-0.25, -0.2) is 4.79 Å². The second-order valence-electron chi connectivity index (χ2n) is 6.48. The first-order valence-corrected chi connectivity index (χ1v) is 8.79. The minimum atomic E-state index is -0.287. The zero-order chi connectivity index (χ0) is 17.1. The number of carbonyl (C=O) groups is 1. The van der Waals surface area contributed by atoms with Gasteiger partial charge in [-0.2, -0.15) is 0 Å². The average Bonchev–Trinajstić information content (AvgIpc) is 3.03. The lowest BCUT2D eigenvalue weighted by Gasteiger charge is -2.16. The Morgan fingerprint density at radius 2 is 1.72 bits per heavy atom. The van der Waals surface area contributed by atoms with Crippen LogP contribution < -0.4 is 0 Å². The summed E-state index contributed by atoms with van der Waals surface area (Å²) < 4.78 is 5.47. The highest BCUT2D eigenvalue weighted by Crippen LogP contribution is 2.30. The Morgan fingerprint density at radius 1 is 0.920 bits per heavy atom. The molecule has 25 heavy (non-hydrogen) atoms. The number of esters is 1. The van der Waals surface area contributed by atoms with E-state index in [0.717, 1.165) is 24.0 Å². The van der Waals surface area contributed by atoms with Gasteiger partial charge in [-0.3, -0.25) is 0 Å². The summed E-state index contributed by atoms with van der Waals surface area (Å²) in [6, 6.07) is 16.4. The van der Waals surface area contributed by atoms with E-state index in [1.54, 1.807) is 6.08 Å². The maximum absolute atomic E-state index is 12.1. The van der Waals surface area contributed by atoms with Crippen LogP contribution in [-0.4, -0.2) is 5.97 Å². The van der Waals surface area contributed by atoms with E-state index in [-0.39, 0.29) is 5.97 Å². The first-order chi connectivity index (χ1) is 12.3. The van der Waals surface area contributed by atoms with Crippen LogP contribution in [0, 0.1) is 0 Å². The van der Waals surface area contributed by atoms with Crippen molar-refractivity contribution >= 4 is 17.8 Å². The fourth-order valence-corrected chi connectivity index (χ4v) is 3.36. The van der Waals surface area contributed by atoms with Gasteiger partial charge in [0, 0.05) is 5.56 Å². The molecule has 0 unspecified atom stereocenters. The molecule has 2 aromatic rings. The Labute approximate surface area is 148 Å². The van der Waals surface area contributed by atoms with Crippen molar-refractivity contribution in [2.24, 2.45) is 0 Å². The highest BCUT2D eigenvalue weighted by Gasteiger charge is 2.22. The predicted molar refractivity (Wildman–Crippen MR) is 101 cm³/mol. The molecular weight excluding hydrogens is 308 g/mol. The van der Waals surface area contributed by atoms with E-state index in [4.69, 9.17) is 4.74 Å². The number of cyclic esters (lactones) is 1. The molecule has 0 saturated carbocycles. The Bertz CT molecular complexity index is 886. The first-order valence-electron chi connectivity index (χ1n) is 8.79. The minimum absolute atomic E-state index is 0.287. The largest absolute Gasteiger partial charge is 0.422 e. The summed E-state index contributed by atoms with van der Waals surface area (Å²) in [5, 5.41) is 0. The predicted octanol–water partition coefficient (Wildman–Crippen LogP) is 5.10. The number of ether oxygens (including phenoxy) is 1. The topological polar surface area (TPSA) is 26.3 Å². The zero-order valence-corrected chi connectivity index (χ0v) is 14.1. The fourth-order valence-electron chi connectivity index (χ4n) is 3.36. The number of hydrogen-bond acceptors (Lipinski definition) is 2. The van der Waals surface area contributed by atoms with Crippen molar-refractivity contribution in [1.29, 1.82) is 0 Å². The van der Waals surface area contributed by atoms with Gasteiger partial charge in [-0.15, -0.1) is 0 Å². The standard InChI is InChI=1S/C23H20O2/c24-23-21(12-6-9-17-7-2-1-3-8-17)16-22(25-23)20-14-13-18-10-4-5-11-19(18)15-20/h1-3,6-9,12-16H,4-5,10-11H2/b9-6+,21-12+. The van der Waals surface area contributed by atoms with Crippen molar-refractivity contribution in [2.45, 2.75) is 25.7 Å². The third-order valence-corrected chi connectivity index (χ3v) is 4.72. The molecule has 0 aromatic heterocycles. The van der Waals surface area contributed by atoms with Crippen LogP contribution in [0.2, 0.25) is 0 Å². The lowest BCUT2D eigenvalue weighted by atomic mass is 9.90. The Balaban J connectivity index is 1.56. The smallest absolute Gasteiger partial charge is 0.343 e. The van der Waals surface area contributed by atoms with Crippen molar-refractivity contribution in [3.8, 4) is 0 Å². The minimum Gasteiger partial charge on any atom is -0.422 e. The highest BCUT2D eigenvalue weighted by molar-refractivity contribution is 6.01. The average molecular weight is 328 g/mol. The van der Waals surface area contributed by atoms with Crippen LogP contribution in [-0.2, 0) is 22.4 Å². The quantitative estimate of drug-likeness (QED) is 0.578. The van der Waals surface area contributed by atoms with Gasteiger partial charge in [0.2, 0.25) is 0 Å². The Hall–Kier alpha value is -2.87. The van der Waals surface area contributed by atoms with Crippen molar-refractivity contribution in [3.05, 3.63) is 94.6 Å². The lowest BCUT2D eigenvalue weighted by Crippen LogP contribution is -2.03. The fraction of sp³-hybridized carbons (Fsp3) is 0.174. The molecule has 4 rings (SSSR count). The molecule has 0 amide bonds. The third kappa shape index (κ3) is 3.48. The van der Waals surface area contributed by atoms with Crippen LogP contribution in [0.25, 0.3) is 11.8 Å². The molecular formula is C23H20O2. The first kappa shape index (κ1) is 15.6. The normalized spacial score (nSPS) is 18.3. The van der Waals surface area contributed by atoms with Crippen LogP contribution in [0.3, 0.4) is 0 Å². The summed E-state index contributed by atoms with van der Waals surface area (Å²) in [5.74, 6) is 0.364. The lowest BCUT2D eigenvalue weighted by molar-refractivity contribution is -0.130. The molecule has 0 spiro atoms. The van der Waals surface area contributed by atoms with Crippen LogP contribution in [0.1, 0.15) is 35.1 Å². The number of carbonyl (C=O) groups excluding carboxylic acids is 1. The number of fused-ring (bicyclic) bond motifs is 1. The van der Waals surface area contributed by atoms with E-state index in [1.165, 1.54) is 24.0 Å². The number of aryl methyl sites for hydroxylation is 2. The van der Waals surface area contributed by atoms with Gasteiger partial charge in [0.1, 0.15) is 5.76 Å². The maximum Gasteiger partial charge on any atom is 0.343 e.